The van der Waals surface area contributed by atoms with Crippen LogP contribution in [0.15, 0.2) is 35.3 Å². The van der Waals surface area contributed by atoms with Crippen LogP contribution in [0.2, 0.25) is 0 Å². The molecule has 7 nitrogen and oxygen atoms in total. The molecule has 2 aromatic rings. The number of aromatic nitrogens is 3. The van der Waals surface area contributed by atoms with Crippen LogP contribution in [0.4, 0.5) is 0 Å². The van der Waals surface area contributed by atoms with E-state index in [4.69, 9.17) is 9.73 Å². The van der Waals surface area contributed by atoms with Gasteiger partial charge in [-0.15, -0.1) is 10.2 Å². The molecular weight excluding hydrogens is 328 g/mol. The van der Waals surface area contributed by atoms with E-state index in [9.17, 15) is 0 Å². The van der Waals surface area contributed by atoms with E-state index >= 15 is 0 Å². The van der Waals surface area contributed by atoms with Gasteiger partial charge in [0, 0.05) is 26.6 Å². The predicted molar refractivity (Wildman–Crippen MR) is 102 cm³/mol. The fourth-order valence-corrected chi connectivity index (χ4v) is 3.02. The minimum atomic E-state index is 0.541. The Morgan fingerprint density at radius 1 is 1.27 bits per heavy atom. The van der Waals surface area contributed by atoms with Gasteiger partial charge in [-0.2, -0.15) is 0 Å². The smallest absolute Gasteiger partial charge is 0.194 e. The van der Waals surface area contributed by atoms with E-state index in [-0.39, 0.29) is 0 Å². The summed E-state index contributed by atoms with van der Waals surface area (Å²) in [5, 5.41) is 12.0. The van der Waals surface area contributed by atoms with Gasteiger partial charge >= 0.3 is 0 Å². The number of nitrogens with zero attached hydrogens (tertiary/aromatic N) is 5. The van der Waals surface area contributed by atoms with Crippen molar-refractivity contribution in [3.63, 3.8) is 0 Å². The molecule has 140 valence electrons. The van der Waals surface area contributed by atoms with Gasteiger partial charge in [0.1, 0.15) is 24.7 Å². The molecule has 2 heterocycles. The lowest BCUT2D eigenvalue weighted by atomic mass is 10.2. The second-order valence-electron chi connectivity index (χ2n) is 6.39. The average Bonchev–Trinajstić information content (AvgIpc) is 3.09. The third kappa shape index (κ3) is 4.74. The van der Waals surface area contributed by atoms with Crippen molar-refractivity contribution in [2.45, 2.75) is 39.3 Å². The van der Waals surface area contributed by atoms with Gasteiger partial charge in [-0.1, -0.05) is 18.2 Å². The van der Waals surface area contributed by atoms with Gasteiger partial charge in [-0.25, -0.2) is 4.99 Å². The van der Waals surface area contributed by atoms with Gasteiger partial charge in [0.2, 0.25) is 0 Å². The molecule has 26 heavy (non-hydrogen) atoms. The Bertz CT molecular complexity index is 712. The highest BCUT2D eigenvalue weighted by Gasteiger charge is 2.15. The highest BCUT2D eigenvalue weighted by molar-refractivity contribution is 5.79. The molecule has 1 aliphatic rings. The number of guanidine groups is 1. The Balaban J connectivity index is 1.56. The van der Waals surface area contributed by atoms with Crippen molar-refractivity contribution in [1.29, 1.82) is 0 Å². The molecular formula is C19H28N6O. The first-order chi connectivity index (χ1) is 12.8. The number of aryl methyl sites for hydroxylation is 1. The summed E-state index contributed by atoms with van der Waals surface area (Å²) in [5.74, 6) is 3.79. The van der Waals surface area contributed by atoms with E-state index in [0.717, 1.165) is 49.4 Å². The number of hydrogen-bond donors (Lipinski definition) is 1. The molecule has 1 aromatic heterocycles. The first-order valence-electron chi connectivity index (χ1n) is 9.36. The third-order valence-electron chi connectivity index (χ3n) is 4.44. The molecule has 1 aliphatic heterocycles. The van der Waals surface area contributed by atoms with Crippen LogP contribution in [0.3, 0.4) is 0 Å². The molecule has 0 aliphatic carbocycles. The maximum Gasteiger partial charge on any atom is 0.194 e. The summed E-state index contributed by atoms with van der Waals surface area (Å²) in [4.78, 5) is 6.83. The summed E-state index contributed by atoms with van der Waals surface area (Å²) in [6.07, 6.45) is 3.42. The van der Waals surface area contributed by atoms with Gasteiger partial charge in [0.15, 0.2) is 11.8 Å². The summed E-state index contributed by atoms with van der Waals surface area (Å²) in [5.41, 5.74) is 0. The van der Waals surface area contributed by atoms with Crippen LogP contribution >= 0.6 is 0 Å². The predicted octanol–water partition coefficient (Wildman–Crippen LogP) is 2.09. The second kappa shape index (κ2) is 9.22. The molecule has 0 saturated carbocycles. The molecule has 1 N–H and O–H groups in total. The van der Waals surface area contributed by atoms with Crippen LogP contribution < -0.4 is 10.1 Å². The Morgan fingerprint density at radius 2 is 2.12 bits per heavy atom. The topological polar surface area (TPSA) is 67.6 Å². The monoisotopic (exact) mass is 356 g/mol. The van der Waals surface area contributed by atoms with Crippen molar-refractivity contribution in [2.24, 2.45) is 4.99 Å². The molecule has 0 spiro atoms. The molecule has 0 amide bonds. The van der Waals surface area contributed by atoms with Crippen molar-refractivity contribution in [1.82, 2.24) is 25.0 Å². The molecule has 0 unspecified atom stereocenters. The van der Waals surface area contributed by atoms with E-state index in [1.165, 1.54) is 12.8 Å². The summed E-state index contributed by atoms with van der Waals surface area (Å²) in [6, 6.07) is 9.87. The SMILES string of the molecule is CCNC(=NCc1nnc2n1CCCC2)N(C)CCOc1ccccc1. The van der Waals surface area contributed by atoms with Crippen LogP contribution in [0, 0.1) is 0 Å². The minimum absolute atomic E-state index is 0.541. The molecule has 0 fully saturated rings. The van der Waals surface area contributed by atoms with E-state index in [0.29, 0.717) is 13.2 Å². The maximum absolute atomic E-state index is 5.78. The Hall–Kier alpha value is -2.57. The molecule has 0 bridgehead atoms. The van der Waals surface area contributed by atoms with Gasteiger partial charge in [0.05, 0.1) is 6.54 Å². The fourth-order valence-electron chi connectivity index (χ4n) is 3.02. The first-order valence-corrected chi connectivity index (χ1v) is 9.36. The van der Waals surface area contributed by atoms with Gasteiger partial charge in [0.25, 0.3) is 0 Å². The Labute approximate surface area is 155 Å². The van der Waals surface area contributed by atoms with Crippen LogP contribution in [0.5, 0.6) is 5.75 Å². The lowest BCUT2D eigenvalue weighted by Crippen LogP contribution is -2.41. The zero-order valence-electron chi connectivity index (χ0n) is 15.7. The van der Waals surface area contributed by atoms with Crippen LogP contribution in [-0.2, 0) is 19.5 Å². The summed E-state index contributed by atoms with van der Waals surface area (Å²) in [6.45, 7) is 5.79. The number of aliphatic imine (C=N–C) groups is 1. The number of fused-ring (bicyclic) bond motifs is 1. The standard InChI is InChI=1S/C19H28N6O/c1-3-20-19(24(2)13-14-26-16-9-5-4-6-10-16)21-15-18-23-22-17-11-7-8-12-25(17)18/h4-6,9-10H,3,7-8,11-15H2,1-2H3,(H,20,21). The van der Waals surface area contributed by atoms with Crippen molar-refractivity contribution < 1.29 is 4.74 Å². The summed E-state index contributed by atoms with van der Waals surface area (Å²) >= 11 is 0. The zero-order valence-corrected chi connectivity index (χ0v) is 15.7. The van der Waals surface area contributed by atoms with E-state index in [1.807, 2.05) is 37.4 Å². The lowest BCUT2D eigenvalue weighted by molar-refractivity contribution is 0.281. The van der Waals surface area contributed by atoms with Crippen LogP contribution in [0.1, 0.15) is 31.4 Å². The van der Waals surface area contributed by atoms with E-state index in [2.05, 4.69) is 31.9 Å². The largest absolute Gasteiger partial charge is 0.492 e. The fraction of sp³-hybridized carbons (Fsp3) is 0.526. The zero-order chi connectivity index (χ0) is 18.2. The van der Waals surface area contributed by atoms with E-state index in [1.54, 1.807) is 0 Å². The van der Waals surface area contributed by atoms with Crippen molar-refractivity contribution in [2.75, 3.05) is 26.7 Å². The van der Waals surface area contributed by atoms with Crippen LogP contribution in [0.25, 0.3) is 0 Å². The highest BCUT2D eigenvalue weighted by Crippen LogP contribution is 2.14. The van der Waals surface area contributed by atoms with Crippen molar-refractivity contribution in [3.8, 4) is 5.75 Å². The summed E-state index contributed by atoms with van der Waals surface area (Å²) in [7, 11) is 2.02. The molecule has 0 radical (unpaired) electrons. The van der Waals surface area contributed by atoms with Gasteiger partial charge < -0.3 is 19.5 Å². The number of ether oxygens (including phenoxy) is 1. The molecule has 0 atom stereocenters. The number of benzene rings is 1. The quantitative estimate of drug-likeness (QED) is 0.608. The maximum atomic E-state index is 5.78. The number of hydrogen-bond acceptors (Lipinski definition) is 4. The van der Waals surface area contributed by atoms with Crippen LogP contribution in [-0.4, -0.2) is 52.4 Å². The van der Waals surface area contributed by atoms with Crippen molar-refractivity contribution in [3.05, 3.63) is 42.0 Å². The first kappa shape index (κ1) is 18.2. The Morgan fingerprint density at radius 3 is 2.92 bits per heavy atom. The van der Waals surface area contributed by atoms with E-state index < -0.39 is 0 Å². The normalized spacial score (nSPS) is 14.0. The number of nitrogens with one attached hydrogen (secondary N) is 1. The Kier molecular flexibility index (Phi) is 6.46. The summed E-state index contributed by atoms with van der Waals surface area (Å²) < 4.78 is 8.00. The van der Waals surface area contributed by atoms with Crippen molar-refractivity contribution >= 4 is 5.96 Å². The third-order valence-corrected chi connectivity index (χ3v) is 4.44. The van der Waals surface area contributed by atoms with Gasteiger partial charge in [-0.05, 0) is 31.9 Å². The number of likely N-dealkylation sites (N-methyl/N-ethyl adjacent to an activating group) is 1. The second-order valence-corrected chi connectivity index (χ2v) is 6.39. The minimum Gasteiger partial charge on any atom is -0.492 e. The highest BCUT2D eigenvalue weighted by atomic mass is 16.5. The molecule has 1 aromatic carbocycles. The van der Waals surface area contributed by atoms with Gasteiger partial charge in [-0.3, -0.25) is 0 Å². The molecule has 0 saturated heterocycles. The molecule has 7 heteroatoms. The average molecular weight is 356 g/mol. The number of rotatable bonds is 7. The molecule has 3 rings (SSSR count). The lowest BCUT2D eigenvalue weighted by Gasteiger charge is -2.22. The number of para-hydroxylation sites is 1.